The minimum absolute atomic E-state index is 0.127. The monoisotopic (exact) mass is 217 g/mol. The quantitative estimate of drug-likeness (QED) is 0.720. The summed E-state index contributed by atoms with van der Waals surface area (Å²) in [6, 6.07) is 0.426. The number of hydrogen-bond donors (Lipinski definition) is 0. The molecule has 1 aliphatic heterocycles. The summed E-state index contributed by atoms with van der Waals surface area (Å²) in [6.07, 6.45) is 9.27. The summed E-state index contributed by atoms with van der Waals surface area (Å²) < 4.78 is 0. The van der Waals surface area contributed by atoms with Crippen molar-refractivity contribution in [1.29, 1.82) is 0 Å². The Balaban J connectivity index is 1.83. The molecular weight excluding hydrogens is 202 g/mol. The van der Waals surface area contributed by atoms with Crippen molar-refractivity contribution >= 4 is 5.91 Å². The average molecular weight is 217 g/mol. The van der Waals surface area contributed by atoms with Crippen molar-refractivity contribution in [2.24, 2.45) is 0 Å². The minimum Gasteiger partial charge on any atom is -0.330 e. The zero-order valence-corrected chi connectivity index (χ0v) is 9.22. The van der Waals surface area contributed by atoms with Crippen LogP contribution in [0.5, 0.6) is 0 Å². The Morgan fingerprint density at radius 2 is 2.06 bits per heavy atom. The average Bonchev–Trinajstić information content (AvgIpc) is 2.69. The molecule has 1 amide bonds. The van der Waals surface area contributed by atoms with Gasteiger partial charge in [0.1, 0.15) is 6.33 Å². The highest BCUT2D eigenvalue weighted by Crippen LogP contribution is 2.29. The molecule has 0 bridgehead atoms. The number of fused-ring (bicyclic) bond motifs is 1. The fraction of sp³-hybridized carbons (Fsp3) is 0.583. The first-order valence-corrected chi connectivity index (χ1v) is 5.96. The minimum atomic E-state index is 0.127. The van der Waals surface area contributed by atoms with E-state index in [0.717, 1.165) is 18.5 Å². The number of amides is 1. The first-order valence-electron chi connectivity index (χ1n) is 5.96. The van der Waals surface area contributed by atoms with Gasteiger partial charge in [-0.05, 0) is 12.8 Å². The lowest BCUT2D eigenvalue weighted by Gasteiger charge is -2.30. The van der Waals surface area contributed by atoms with Crippen molar-refractivity contribution in [3.63, 3.8) is 0 Å². The SMILES string of the molecule is O=C1c2cncnc2CN1C1CCCCC1. The molecule has 16 heavy (non-hydrogen) atoms. The molecule has 1 aromatic rings. The van der Waals surface area contributed by atoms with E-state index in [1.165, 1.54) is 25.6 Å². The highest BCUT2D eigenvalue weighted by Gasteiger charge is 2.34. The van der Waals surface area contributed by atoms with Crippen LogP contribution < -0.4 is 0 Å². The van der Waals surface area contributed by atoms with Crippen LogP contribution in [-0.2, 0) is 6.54 Å². The number of carbonyl (C=O) groups is 1. The van der Waals surface area contributed by atoms with Crippen LogP contribution in [0.4, 0.5) is 0 Å². The molecule has 3 rings (SSSR count). The molecule has 0 spiro atoms. The first-order chi connectivity index (χ1) is 7.86. The largest absolute Gasteiger partial charge is 0.330 e. The zero-order chi connectivity index (χ0) is 11.0. The molecule has 0 saturated heterocycles. The molecule has 2 heterocycles. The van der Waals surface area contributed by atoms with E-state index in [1.807, 2.05) is 4.90 Å². The predicted molar refractivity (Wildman–Crippen MR) is 58.8 cm³/mol. The Morgan fingerprint density at radius 3 is 2.81 bits per heavy atom. The lowest BCUT2D eigenvalue weighted by atomic mass is 9.94. The first kappa shape index (κ1) is 9.75. The van der Waals surface area contributed by atoms with Crippen LogP contribution in [0.1, 0.15) is 48.2 Å². The maximum absolute atomic E-state index is 12.1. The van der Waals surface area contributed by atoms with Gasteiger partial charge in [0.25, 0.3) is 5.91 Å². The Morgan fingerprint density at radius 1 is 1.25 bits per heavy atom. The molecule has 1 aromatic heterocycles. The fourth-order valence-corrected chi connectivity index (χ4v) is 2.74. The molecule has 1 fully saturated rings. The van der Waals surface area contributed by atoms with Gasteiger partial charge in [0.2, 0.25) is 0 Å². The lowest BCUT2D eigenvalue weighted by Crippen LogP contribution is -2.36. The second-order valence-electron chi connectivity index (χ2n) is 4.61. The second-order valence-corrected chi connectivity index (χ2v) is 4.61. The number of hydrogen-bond acceptors (Lipinski definition) is 3. The van der Waals surface area contributed by atoms with E-state index in [0.29, 0.717) is 18.2 Å². The standard InChI is InChI=1S/C12H15N3O/c16-12-10-6-13-8-14-11(10)7-15(12)9-4-2-1-3-5-9/h6,8-9H,1-5,7H2. The van der Waals surface area contributed by atoms with Gasteiger partial charge in [0, 0.05) is 12.2 Å². The molecule has 4 nitrogen and oxygen atoms in total. The number of nitrogens with zero attached hydrogens (tertiary/aromatic N) is 3. The summed E-state index contributed by atoms with van der Waals surface area (Å²) >= 11 is 0. The van der Waals surface area contributed by atoms with Gasteiger partial charge in [-0.2, -0.15) is 0 Å². The van der Waals surface area contributed by atoms with Crippen LogP contribution in [0.2, 0.25) is 0 Å². The van der Waals surface area contributed by atoms with Gasteiger partial charge in [0.15, 0.2) is 0 Å². The molecule has 0 atom stereocenters. The van der Waals surface area contributed by atoms with Crippen LogP contribution in [0, 0.1) is 0 Å². The van der Waals surface area contributed by atoms with Gasteiger partial charge < -0.3 is 4.90 Å². The summed E-state index contributed by atoms with van der Waals surface area (Å²) in [5.74, 6) is 0.127. The van der Waals surface area contributed by atoms with Crippen LogP contribution in [0.25, 0.3) is 0 Å². The van der Waals surface area contributed by atoms with Crippen molar-refractivity contribution in [1.82, 2.24) is 14.9 Å². The molecule has 0 unspecified atom stereocenters. The second kappa shape index (κ2) is 3.85. The summed E-state index contributed by atoms with van der Waals surface area (Å²) in [5.41, 5.74) is 1.60. The third-order valence-corrected chi connectivity index (χ3v) is 3.62. The number of rotatable bonds is 1. The summed E-state index contributed by atoms with van der Waals surface area (Å²) in [4.78, 5) is 22.2. The smallest absolute Gasteiger partial charge is 0.257 e. The van der Waals surface area contributed by atoms with Crippen LogP contribution in [0.3, 0.4) is 0 Å². The Bertz CT molecular complexity index is 412. The molecule has 0 aromatic carbocycles. The molecule has 84 valence electrons. The van der Waals surface area contributed by atoms with Crippen molar-refractivity contribution in [3.05, 3.63) is 23.8 Å². The molecule has 2 aliphatic rings. The highest BCUT2D eigenvalue weighted by atomic mass is 16.2. The Labute approximate surface area is 94.7 Å². The summed E-state index contributed by atoms with van der Waals surface area (Å²) in [5, 5.41) is 0. The van der Waals surface area contributed by atoms with Crippen molar-refractivity contribution in [3.8, 4) is 0 Å². The van der Waals surface area contributed by atoms with Gasteiger partial charge in [-0.15, -0.1) is 0 Å². The molecule has 0 N–H and O–H groups in total. The number of carbonyl (C=O) groups excluding carboxylic acids is 1. The van der Waals surface area contributed by atoms with Crippen molar-refractivity contribution < 1.29 is 4.79 Å². The van der Waals surface area contributed by atoms with E-state index in [4.69, 9.17) is 0 Å². The maximum Gasteiger partial charge on any atom is 0.257 e. The normalized spacial score (nSPS) is 21.2. The van der Waals surface area contributed by atoms with Gasteiger partial charge >= 0.3 is 0 Å². The van der Waals surface area contributed by atoms with E-state index in [1.54, 1.807) is 6.20 Å². The summed E-state index contributed by atoms with van der Waals surface area (Å²) in [7, 11) is 0. The van der Waals surface area contributed by atoms with E-state index < -0.39 is 0 Å². The molecular formula is C12H15N3O. The van der Waals surface area contributed by atoms with Crippen LogP contribution in [0.15, 0.2) is 12.5 Å². The van der Waals surface area contributed by atoms with Gasteiger partial charge in [0.05, 0.1) is 17.8 Å². The Kier molecular flexibility index (Phi) is 2.35. The van der Waals surface area contributed by atoms with Gasteiger partial charge in [-0.3, -0.25) is 4.79 Å². The molecule has 0 radical (unpaired) electrons. The number of aromatic nitrogens is 2. The van der Waals surface area contributed by atoms with Crippen LogP contribution in [-0.4, -0.2) is 26.8 Å². The topological polar surface area (TPSA) is 46.1 Å². The third kappa shape index (κ3) is 1.49. The zero-order valence-electron chi connectivity index (χ0n) is 9.22. The fourth-order valence-electron chi connectivity index (χ4n) is 2.74. The van der Waals surface area contributed by atoms with E-state index >= 15 is 0 Å². The highest BCUT2D eigenvalue weighted by molar-refractivity contribution is 5.97. The van der Waals surface area contributed by atoms with Gasteiger partial charge in [-0.1, -0.05) is 19.3 Å². The van der Waals surface area contributed by atoms with Crippen molar-refractivity contribution in [2.45, 2.75) is 44.7 Å². The summed E-state index contributed by atoms with van der Waals surface area (Å²) in [6.45, 7) is 0.682. The maximum atomic E-state index is 12.1. The predicted octanol–water partition coefficient (Wildman–Crippen LogP) is 1.77. The van der Waals surface area contributed by atoms with Gasteiger partial charge in [-0.25, -0.2) is 9.97 Å². The van der Waals surface area contributed by atoms with Crippen LogP contribution >= 0.6 is 0 Å². The van der Waals surface area contributed by atoms with Crippen molar-refractivity contribution in [2.75, 3.05) is 0 Å². The third-order valence-electron chi connectivity index (χ3n) is 3.62. The molecule has 1 saturated carbocycles. The lowest BCUT2D eigenvalue weighted by molar-refractivity contribution is 0.0659. The van der Waals surface area contributed by atoms with E-state index in [2.05, 4.69) is 9.97 Å². The van der Waals surface area contributed by atoms with E-state index in [-0.39, 0.29) is 5.91 Å². The molecule has 1 aliphatic carbocycles. The molecule has 4 heteroatoms. The van der Waals surface area contributed by atoms with E-state index in [9.17, 15) is 4.79 Å². The Hall–Kier alpha value is -1.45.